The number of aromatic nitrogens is 1. The maximum Gasteiger partial charge on any atom is 0.189 e. The zero-order valence-corrected chi connectivity index (χ0v) is 15.0. The number of aliphatic hydroxyl groups is 1. The van der Waals surface area contributed by atoms with Crippen molar-refractivity contribution in [3.63, 3.8) is 0 Å². The lowest BCUT2D eigenvalue weighted by Crippen LogP contribution is -2.46. The van der Waals surface area contributed by atoms with E-state index in [1.165, 1.54) is 0 Å². The Morgan fingerprint density at radius 3 is 2.77 bits per heavy atom. The summed E-state index contributed by atoms with van der Waals surface area (Å²) < 4.78 is 11.1. The average Bonchev–Trinajstić information content (AvgIpc) is 2.99. The van der Waals surface area contributed by atoms with Crippen LogP contribution in [-0.2, 0) is 4.74 Å². The fraction of sp³-hybridized carbons (Fsp3) is 0.500. The second-order valence-corrected chi connectivity index (χ2v) is 6.72. The number of hydrogen-bond donors (Lipinski definition) is 2. The van der Waals surface area contributed by atoms with Crippen LogP contribution in [0.4, 0.5) is 11.5 Å². The zero-order chi connectivity index (χ0) is 18.8. The van der Waals surface area contributed by atoms with Gasteiger partial charge in [-0.25, -0.2) is 0 Å². The maximum atomic E-state index is 11.8. The molecule has 1 aromatic heterocycles. The molecule has 1 aliphatic heterocycles. The summed E-state index contributed by atoms with van der Waals surface area (Å²) in [6.07, 6.45) is 0.140. The number of hydrogen-bond acceptors (Lipinski definition) is 8. The summed E-state index contributed by atoms with van der Waals surface area (Å²) in [4.78, 5) is 13.8. The van der Waals surface area contributed by atoms with E-state index in [4.69, 9.17) is 9.26 Å². The molecule has 3 rings (SSSR count). The van der Waals surface area contributed by atoms with Crippen LogP contribution >= 0.6 is 0 Å². The zero-order valence-electron chi connectivity index (χ0n) is 15.0. The van der Waals surface area contributed by atoms with Gasteiger partial charge in [-0.2, -0.15) is 5.26 Å². The fourth-order valence-corrected chi connectivity index (χ4v) is 3.35. The second kappa shape index (κ2) is 7.32. The molecule has 1 fully saturated rings. The minimum absolute atomic E-state index is 0.0153. The minimum atomic E-state index is -0.571. The first-order valence-corrected chi connectivity index (χ1v) is 8.58. The SMILES string of the molecule is C[C@@H]1CN(c2c(C=O)cc3c(NC[C@@H](C)O)noc3c2C#N)C[C@@H](C)O1. The summed E-state index contributed by atoms with van der Waals surface area (Å²) in [5.74, 6) is 0.399. The number of anilines is 2. The van der Waals surface area contributed by atoms with Crippen molar-refractivity contribution < 1.29 is 19.2 Å². The van der Waals surface area contributed by atoms with Gasteiger partial charge >= 0.3 is 0 Å². The van der Waals surface area contributed by atoms with Gasteiger partial charge in [0.2, 0.25) is 0 Å². The predicted octanol–water partition coefficient (Wildman–Crippen LogP) is 1.92. The molecular weight excluding hydrogens is 336 g/mol. The monoisotopic (exact) mass is 358 g/mol. The molecule has 138 valence electrons. The molecule has 0 aliphatic carbocycles. The van der Waals surface area contributed by atoms with Crippen LogP contribution in [-0.4, -0.2) is 54.5 Å². The molecule has 8 nitrogen and oxygen atoms in total. The van der Waals surface area contributed by atoms with Crippen LogP contribution in [0.2, 0.25) is 0 Å². The van der Waals surface area contributed by atoms with Gasteiger partial charge < -0.3 is 24.6 Å². The van der Waals surface area contributed by atoms with Crippen molar-refractivity contribution in [3.05, 3.63) is 17.2 Å². The van der Waals surface area contributed by atoms with E-state index in [0.717, 1.165) is 6.29 Å². The van der Waals surface area contributed by atoms with Gasteiger partial charge in [0, 0.05) is 25.2 Å². The topological polar surface area (TPSA) is 112 Å². The third-order valence-electron chi connectivity index (χ3n) is 4.30. The number of morpholine rings is 1. The van der Waals surface area contributed by atoms with E-state index in [0.29, 0.717) is 41.1 Å². The Labute approximate surface area is 151 Å². The summed E-state index contributed by atoms with van der Waals surface area (Å²) in [6.45, 7) is 6.99. The fourth-order valence-electron chi connectivity index (χ4n) is 3.35. The van der Waals surface area contributed by atoms with Gasteiger partial charge in [0.25, 0.3) is 0 Å². The van der Waals surface area contributed by atoms with Crippen molar-refractivity contribution in [3.8, 4) is 6.07 Å². The third-order valence-corrected chi connectivity index (χ3v) is 4.30. The number of aliphatic hydroxyl groups excluding tert-OH is 1. The molecule has 2 heterocycles. The van der Waals surface area contributed by atoms with Gasteiger partial charge in [-0.15, -0.1) is 0 Å². The first-order chi connectivity index (χ1) is 12.4. The van der Waals surface area contributed by atoms with E-state index in [-0.39, 0.29) is 24.3 Å². The van der Waals surface area contributed by atoms with Crippen molar-refractivity contribution in [1.82, 2.24) is 5.16 Å². The largest absolute Gasteiger partial charge is 0.392 e. The number of nitrogens with one attached hydrogen (secondary N) is 1. The Hall–Kier alpha value is -2.63. The summed E-state index contributed by atoms with van der Waals surface area (Å²) in [5.41, 5.74) is 1.56. The first kappa shape index (κ1) is 18.2. The number of aldehydes is 1. The smallest absolute Gasteiger partial charge is 0.189 e. The number of nitrogens with zero attached hydrogens (tertiary/aromatic N) is 3. The average molecular weight is 358 g/mol. The van der Waals surface area contributed by atoms with Gasteiger partial charge in [-0.3, -0.25) is 4.79 Å². The van der Waals surface area contributed by atoms with Gasteiger partial charge in [-0.1, -0.05) is 5.16 Å². The molecule has 3 atom stereocenters. The van der Waals surface area contributed by atoms with E-state index in [2.05, 4.69) is 16.5 Å². The van der Waals surface area contributed by atoms with Crippen molar-refractivity contribution in [2.24, 2.45) is 0 Å². The summed E-state index contributed by atoms with van der Waals surface area (Å²) in [5, 5.41) is 26.7. The van der Waals surface area contributed by atoms with E-state index in [1.807, 2.05) is 18.7 Å². The number of benzene rings is 1. The Balaban J connectivity index is 2.12. The Morgan fingerprint density at radius 2 is 2.19 bits per heavy atom. The van der Waals surface area contributed by atoms with Crippen molar-refractivity contribution in [2.75, 3.05) is 29.9 Å². The Morgan fingerprint density at radius 1 is 1.50 bits per heavy atom. The van der Waals surface area contributed by atoms with E-state index in [9.17, 15) is 15.2 Å². The number of carbonyl (C=O) groups excluding carboxylic acids is 1. The highest BCUT2D eigenvalue weighted by atomic mass is 16.5. The van der Waals surface area contributed by atoms with E-state index in [1.54, 1.807) is 13.0 Å². The normalized spacial score (nSPS) is 21.4. The van der Waals surface area contributed by atoms with E-state index >= 15 is 0 Å². The third kappa shape index (κ3) is 3.36. The molecule has 0 spiro atoms. The first-order valence-electron chi connectivity index (χ1n) is 8.58. The Kier molecular flexibility index (Phi) is 5.11. The van der Waals surface area contributed by atoms with Gasteiger partial charge in [0.1, 0.15) is 11.6 Å². The minimum Gasteiger partial charge on any atom is -0.392 e. The number of rotatable bonds is 5. The van der Waals surface area contributed by atoms with Gasteiger partial charge in [0.05, 0.1) is 29.4 Å². The molecular formula is C18H22N4O4. The number of carbonyl (C=O) groups is 1. The summed E-state index contributed by atoms with van der Waals surface area (Å²) in [7, 11) is 0. The van der Waals surface area contributed by atoms with Gasteiger partial charge in [0.15, 0.2) is 17.7 Å². The van der Waals surface area contributed by atoms with Crippen LogP contribution in [0.25, 0.3) is 11.0 Å². The standard InChI is InChI=1S/C18H22N4O4/c1-10(24)6-20-18-14-4-13(9-23)16(15(5-19)17(14)26-21-18)22-7-11(2)25-12(3)8-22/h4,9-12,24H,6-8H2,1-3H3,(H,20,21)/t10-,11-,12-/m1/s1. The number of fused-ring (bicyclic) bond motifs is 1. The summed E-state index contributed by atoms with van der Waals surface area (Å²) >= 11 is 0. The summed E-state index contributed by atoms with van der Waals surface area (Å²) in [6, 6.07) is 3.84. The predicted molar refractivity (Wildman–Crippen MR) is 96.5 cm³/mol. The van der Waals surface area contributed by atoms with Crippen molar-refractivity contribution in [1.29, 1.82) is 5.26 Å². The molecule has 1 saturated heterocycles. The van der Waals surface area contributed by atoms with Crippen LogP contribution in [0, 0.1) is 11.3 Å². The van der Waals surface area contributed by atoms with Crippen LogP contribution in [0.5, 0.6) is 0 Å². The molecule has 2 aromatic rings. The highest BCUT2D eigenvalue weighted by Crippen LogP contribution is 2.36. The van der Waals surface area contributed by atoms with Crippen LogP contribution in [0.3, 0.4) is 0 Å². The van der Waals surface area contributed by atoms with Crippen molar-refractivity contribution in [2.45, 2.75) is 39.1 Å². The lowest BCUT2D eigenvalue weighted by atomic mass is 10.0. The molecule has 2 N–H and O–H groups in total. The quantitative estimate of drug-likeness (QED) is 0.780. The Bertz CT molecular complexity index is 845. The van der Waals surface area contributed by atoms with Crippen molar-refractivity contribution >= 4 is 28.8 Å². The van der Waals surface area contributed by atoms with Crippen LogP contribution in [0.1, 0.15) is 36.7 Å². The van der Waals surface area contributed by atoms with E-state index < -0.39 is 6.10 Å². The number of ether oxygens (including phenoxy) is 1. The van der Waals surface area contributed by atoms with Crippen LogP contribution < -0.4 is 10.2 Å². The molecule has 8 heteroatoms. The molecule has 1 aliphatic rings. The molecule has 0 bridgehead atoms. The lowest BCUT2D eigenvalue weighted by Gasteiger charge is -2.37. The van der Waals surface area contributed by atoms with Gasteiger partial charge in [-0.05, 0) is 26.8 Å². The second-order valence-electron chi connectivity index (χ2n) is 6.72. The molecule has 0 amide bonds. The number of nitriles is 1. The maximum absolute atomic E-state index is 11.8. The lowest BCUT2D eigenvalue weighted by molar-refractivity contribution is -0.00526. The molecule has 26 heavy (non-hydrogen) atoms. The molecule has 0 radical (unpaired) electrons. The molecule has 1 aromatic carbocycles. The highest BCUT2D eigenvalue weighted by Gasteiger charge is 2.29. The highest BCUT2D eigenvalue weighted by molar-refractivity contribution is 6.02. The van der Waals surface area contributed by atoms with Crippen LogP contribution in [0.15, 0.2) is 10.6 Å². The molecule has 0 saturated carbocycles. The molecule has 0 unspecified atom stereocenters.